The zero-order chi connectivity index (χ0) is 45.8. The molecule has 2 heterocycles. The van der Waals surface area contributed by atoms with E-state index >= 15 is 0 Å². The van der Waals surface area contributed by atoms with Crippen LogP contribution < -0.4 is 18.9 Å². The Kier molecular flexibility index (Phi) is 14.0. The van der Waals surface area contributed by atoms with E-state index in [-0.39, 0.29) is 13.6 Å². The summed E-state index contributed by atoms with van der Waals surface area (Å²) in [6.45, 7) is 16.4. The Morgan fingerprint density at radius 1 is 0.485 bits per heavy atom. The quantitative estimate of drug-likeness (QED) is 0.0708. The first-order valence-electron chi connectivity index (χ1n) is 21.0. The molecule has 7 aromatic rings. The highest BCUT2D eigenvalue weighted by Crippen LogP contribution is 2.31. The maximum absolute atomic E-state index is 12.5. The number of carbonyl (C=O) groups excluding carboxylic acids is 2. The fourth-order valence-corrected chi connectivity index (χ4v) is 7.24. The molecule has 0 bridgehead atoms. The standard InChI is InChI=1S/C30H24N2O4.C24H20N2O4/c1-31-27-12-7-21(8-13-27)22-9-14-28(15-10-22)35-20-36-30(33)24-5-3-23(4-6-24)25-11-16-29-26(17-25)18-32(2)19-34-29;1-25-21-8-3-17(4-9-21)18-5-10-22(11-6-18)29-16-30-24(27)19-7-12-23-20(13-19)14-26(2)15-28-23/h3-17H,18-20H2,2H3;3-13H,14-16H2,2H3. The molecule has 0 amide bonds. The molecular formula is C54H44N4O8. The smallest absolute Gasteiger partial charge is 0.341 e. The molecule has 9 rings (SSSR count). The van der Waals surface area contributed by atoms with Crippen molar-refractivity contribution < 1.29 is 38.0 Å². The molecule has 12 nitrogen and oxygen atoms in total. The fraction of sp³-hybridized carbons (Fsp3) is 0.148. The zero-order valence-electron chi connectivity index (χ0n) is 36.3. The second kappa shape index (κ2) is 20.8. The Hall–Kier alpha value is -8.42. The van der Waals surface area contributed by atoms with E-state index in [2.05, 4.69) is 20.7 Å². The second-order valence-corrected chi connectivity index (χ2v) is 15.6. The molecule has 0 unspecified atom stereocenters. The number of ether oxygens (including phenoxy) is 6. The highest BCUT2D eigenvalue weighted by Gasteiger charge is 2.18. The lowest BCUT2D eigenvalue weighted by Gasteiger charge is -2.25. The van der Waals surface area contributed by atoms with Crippen LogP contribution in [0.25, 0.3) is 43.1 Å². The van der Waals surface area contributed by atoms with Crippen LogP contribution in [0.4, 0.5) is 11.4 Å². The van der Waals surface area contributed by atoms with E-state index in [1.807, 2.05) is 116 Å². The van der Waals surface area contributed by atoms with Gasteiger partial charge in [-0.15, -0.1) is 0 Å². The van der Waals surface area contributed by atoms with Gasteiger partial charge in [-0.3, -0.25) is 9.80 Å². The Balaban J connectivity index is 0.000000182. The highest BCUT2D eigenvalue weighted by molar-refractivity contribution is 5.90. The third-order valence-electron chi connectivity index (χ3n) is 10.8. The van der Waals surface area contributed by atoms with Gasteiger partial charge >= 0.3 is 11.9 Å². The van der Waals surface area contributed by atoms with E-state index in [1.54, 1.807) is 54.6 Å². The number of hydrogen-bond donors (Lipinski definition) is 0. The summed E-state index contributed by atoms with van der Waals surface area (Å²) in [4.78, 5) is 35.7. The molecule has 0 atom stereocenters. The van der Waals surface area contributed by atoms with E-state index < -0.39 is 11.9 Å². The van der Waals surface area contributed by atoms with Crippen LogP contribution in [0.5, 0.6) is 23.0 Å². The Morgan fingerprint density at radius 3 is 1.32 bits per heavy atom. The van der Waals surface area contributed by atoms with Crippen molar-refractivity contribution in [3.63, 3.8) is 0 Å². The first kappa shape index (κ1) is 44.2. The summed E-state index contributed by atoms with van der Waals surface area (Å²) in [6, 6.07) is 48.5. The van der Waals surface area contributed by atoms with Gasteiger partial charge in [0.2, 0.25) is 13.6 Å². The average Bonchev–Trinajstić information content (AvgIpc) is 3.36. The largest absolute Gasteiger partial charge is 0.478 e. The van der Waals surface area contributed by atoms with E-state index in [4.69, 9.17) is 41.6 Å². The molecule has 328 valence electrons. The van der Waals surface area contributed by atoms with Gasteiger partial charge < -0.3 is 28.4 Å². The molecule has 0 N–H and O–H groups in total. The summed E-state index contributed by atoms with van der Waals surface area (Å²) in [5, 5.41) is 0. The Bertz CT molecular complexity index is 2890. The lowest BCUT2D eigenvalue weighted by Crippen LogP contribution is -2.28. The van der Waals surface area contributed by atoms with Gasteiger partial charge in [-0.1, -0.05) is 91.0 Å². The first-order chi connectivity index (χ1) is 32.2. The van der Waals surface area contributed by atoms with Crippen molar-refractivity contribution in [2.75, 3.05) is 41.1 Å². The second-order valence-electron chi connectivity index (χ2n) is 15.6. The van der Waals surface area contributed by atoms with Crippen molar-refractivity contribution in [2.24, 2.45) is 0 Å². The van der Waals surface area contributed by atoms with Gasteiger partial charge in [0.25, 0.3) is 0 Å². The van der Waals surface area contributed by atoms with E-state index in [1.165, 1.54) is 0 Å². The van der Waals surface area contributed by atoms with Gasteiger partial charge in [-0.25, -0.2) is 19.3 Å². The summed E-state index contributed by atoms with van der Waals surface area (Å²) >= 11 is 0. The van der Waals surface area contributed by atoms with Crippen molar-refractivity contribution in [3.8, 4) is 56.4 Å². The number of esters is 2. The van der Waals surface area contributed by atoms with Gasteiger partial charge in [0.1, 0.15) is 36.5 Å². The van der Waals surface area contributed by atoms with E-state index in [9.17, 15) is 9.59 Å². The van der Waals surface area contributed by atoms with Gasteiger partial charge in [0.05, 0.1) is 24.3 Å². The minimum absolute atomic E-state index is 0.175. The molecule has 0 radical (unpaired) electrons. The van der Waals surface area contributed by atoms with Crippen LogP contribution in [0, 0.1) is 13.1 Å². The lowest BCUT2D eigenvalue weighted by molar-refractivity contribution is 0.0144. The minimum Gasteiger partial charge on any atom is -0.478 e. The molecule has 0 saturated carbocycles. The van der Waals surface area contributed by atoms with Crippen LogP contribution in [-0.4, -0.2) is 62.9 Å². The summed E-state index contributed by atoms with van der Waals surface area (Å²) in [6.07, 6.45) is 0. The monoisotopic (exact) mass is 876 g/mol. The molecule has 12 heteroatoms. The molecule has 0 saturated heterocycles. The number of hydrogen-bond acceptors (Lipinski definition) is 10. The third kappa shape index (κ3) is 11.2. The van der Waals surface area contributed by atoms with Crippen molar-refractivity contribution in [3.05, 3.63) is 203 Å². The molecule has 0 fully saturated rings. The van der Waals surface area contributed by atoms with Crippen LogP contribution in [-0.2, 0) is 22.6 Å². The van der Waals surface area contributed by atoms with Crippen LogP contribution in [0.15, 0.2) is 158 Å². The van der Waals surface area contributed by atoms with Crippen molar-refractivity contribution in [1.82, 2.24) is 9.80 Å². The van der Waals surface area contributed by atoms with Crippen LogP contribution >= 0.6 is 0 Å². The van der Waals surface area contributed by atoms with Gasteiger partial charge in [0.15, 0.2) is 11.4 Å². The number of nitrogens with zero attached hydrogens (tertiary/aromatic N) is 4. The van der Waals surface area contributed by atoms with Gasteiger partial charge in [-0.2, -0.15) is 0 Å². The van der Waals surface area contributed by atoms with Gasteiger partial charge in [0, 0.05) is 24.2 Å². The average molecular weight is 877 g/mol. The van der Waals surface area contributed by atoms with Gasteiger partial charge in [-0.05, 0) is 114 Å². The Labute approximate surface area is 383 Å². The van der Waals surface area contributed by atoms with Crippen LogP contribution in [0.1, 0.15) is 31.8 Å². The SMILES string of the molecule is [C-]#[N+]c1ccc(-c2ccc(OCOC(=O)c3ccc(-c4ccc5c(c4)CN(C)CO5)cc3)cc2)cc1.[C-]#[N+]c1ccc(-c2ccc(OCOC(=O)c3ccc4c(c3)CN(C)CO4)cc2)cc1. The Morgan fingerprint density at radius 2 is 0.848 bits per heavy atom. The summed E-state index contributed by atoms with van der Waals surface area (Å²) in [5.41, 5.74) is 10.4. The predicted octanol–water partition coefficient (Wildman–Crippen LogP) is 11.4. The van der Waals surface area contributed by atoms with Crippen molar-refractivity contribution in [2.45, 2.75) is 13.1 Å². The normalized spacial score (nSPS) is 12.8. The molecule has 0 spiro atoms. The summed E-state index contributed by atoms with van der Waals surface area (Å²) < 4.78 is 33.0. The topological polar surface area (TPSA) is 105 Å². The molecular weight excluding hydrogens is 833 g/mol. The molecule has 66 heavy (non-hydrogen) atoms. The maximum Gasteiger partial charge on any atom is 0.341 e. The van der Waals surface area contributed by atoms with E-state index in [0.717, 1.165) is 69.1 Å². The summed E-state index contributed by atoms with van der Waals surface area (Å²) in [5.74, 6) is 2.03. The van der Waals surface area contributed by atoms with Crippen molar-refractivity contribution >= 4 is 23.3 Å². The maximum atomic E-state index is 12.5. The molecule has 2 aliphatic heterocycles. The first-order valence-corrected chi connectivity index (χ1v) is 21.0. The molecule has 2 aliphatic rings. The number of benzene rings is 7. The number of rotatable bonds is 11. The van der Waals surface area contributed by atoms with Crippen molar-refractivity contribution in [1.29, 1.82) is 0 Å². The van der Waals surface area contributed by atoms with Crippen LogP contribution in [0.3, 0.4) is 0 Å². The van der Waals surface area contributed by atoms with Crippen LogP contribution in [0.2, 0.25) is 0 Å². The summed E-state index contributed by atoms with van der Waals surface area (Å²) in [7, 11) is 3.97. The molecule has 0 aromatic heterocycles. The predicted molar refractivity (Wildman–Crippen MR) is 250 cm³/mol. The zero-order valence-corrected chi connectivity index (χ0v) is 36.3. The molecule has 7 aromatic carbocycles. The minimum atomic E-state index is -0.446. The lowest BCUT2D eigenvalue weighted by atomic mass is 10.0. The molecule has 0 aliphatic carbocycles. The van der Waals surface area contributed by atoms with E-state index in [0.29, 0.717) is 47.5 Å². The third-order valence-corrected chi connectivity index (χ3v) is 10.8. The number of carbonyl (C=O) groups is 2. The fourth-order valence-electron chi connectivity index (χ4n) is 7.24. The number of fused-ring (bicyclic) bond motifs is 2. The highest BCUT2D eigenvalue weighted by atomic mass is 16.7.